The lowest BCUT2D eigenvalue weighted by Gasteiger charge is -2.36. The first-order valence-electron chi connectivity index (χ1n) is 9.48. The van der Waals surface area contributed by atoms with Gasteiger partial charge in [0.05, 0.1) is 5.75 Å². The molecule has 1 aromatic rings. The topological polar surface area (TPSA) is 49.4 Å². The molecule has 0 aromatic heterocycles. The summed E-state index contributed by atoms with van der Waals surface area (Å²) < 4.78 is 0. The molecule has 144 valence electrons. The van der Waals surface area contributed by atoms with Crippen molar-refractivity contribution in [3.8, 4) is 0 Å². The van der Waals surface area contributed by atoms with E-state index in [1.54, 1.807) is 11.8 Å². The Balaban J connectivity index is 1.73. The van der Waals surface area contributed by atoms with Gasteiger partial charge in [0.25, 0.3) is 0 Å². The smallest absolute Gasteiger partial charge is 0.230 e. The fourth-order valence-electron chi connectivity index (χ4n) is 3.07. The minimum absolute atomic E-state index is 0.0727. The van der Waals surface area contributed by atoms with Crippen LogP contribution >= 0.6 is 11.8 Å². The number of hydrogen-bond acceptors (Lipinski definition) is 3. The van der Waals surface area contributed by atoms with E-state index in [0.717, 1.165) is 30.8 Å². The summed E-state index contributed by atoms with van der Waals surface area (Å²) in [4.78, 5) is 27.6. The first kappa shape index (κ1) is 20.8. The third-order valence-electron chi connectivity index (χ3n) is 4.71. The fourth-order valence-corrected chi connectivity index (χ4v) is 3.78. The summed E-state index contributed by atoms with van der Waals surface area (Å²) in [7, 11) is 0. The van der Waals surface area contributed by atoms with Crippen LogP contribution in [-0.2, 0) is 9.59 Å². The van der Waals surface area contributed by atoms with Gasteiger partial charge in [-0.3, -0.25) is 9.59 Å². The van der Waals surface area contributed by atoms with Gasteiger partial charge in [-0.2, -0.15) is 0 Å². The number of piperidine rings is 1. The Morgan fingerprint density at radius 1 is 1.15 bits per heavy atom. The van der Waals surface area contributed by atoms with E-state index in [-0.39, 0.29) is 23.3 Å². The molecule has 4 nitrogen and oxygen atoms in total. The van der Waals surface area contributed by atoms with Crippen LogP contribution in [0.25, 0.3) is 0 Å². The van der Waals surface area contributed by atoms with Crippen LogP contribution in [0.5, 0.6) is 0 Å². The lowest BCUT2D eigenvalue weighted by molar-refractivity contribution is -0.140. The fraction of sp³-hybridized carbons (Fsp3) is 0.619. The normalized spacial score (nSPS) is 16.0. The highest BCUT2D eigenvalue weighted by molar-refractivity contribution is 8.00. The van der Waals surface area contributed by atoms with Gasteiger partial charge >= 0.3 is 0 Å². The van der Waals surface area contributed by atoms with Crippen molar-refractivity contribution in [1.29, 1.82) is 0 Å². The Morgan fingerprint density at radius 3 is 2.23 bits per heavy atom. The molecule has 0 atom stereocenters. The number of carbonyl (C=O) groups excluding carboxylic acids is 2. The number of amides is 2. The number of benzene rings is 1. The van der Waals surface area contributed by atoms with Crippen molar-refractivity contribution in [1.82, 2.24) is 10.2 Å². The average molecular weight is 377 g/mol. The molecule has 0 aliphatic carbocycles. The van der Waals surface area contributed by atoms with Crippen molar-refractivity contribution in [3.05, 3.63) is 29.8 Å². The molecule has 1 heterocycles. The molecule has 1 aliphatic rings. The van der Waals surface area contributed by atoms with Crippen LogP contribution in [-0.4, -0.2) is 41.6 Å². The molecule has 1 aromatic carbocycles. The van der Waals surface area contributed by atoms with Crippen LogP contribution in [0.3, 0.4) is 0 Å². The summed E-state index contributed by atoms with van der Waals surface area (Å²) in [5.74, 6) is 1.22. The molecule has 2 amide bonds. The molecular weight excluding hydrogens is 344 g/mol. The number of likely N-dealkylation sites (tertiary alicyclic amines) is 1. The van der Waals surface area contributed by atoms with E-state index in [1.807, 2.05) is 25.7 Å². The highest BCUT2D eigenvalue weighted by atomic mass is 32.2. The molecule has 0 spiro atoms. The molecule has 0 saturated carbocycles. The summed E-state index contributed by atoms with van der Waals surface area (Å²) in [5.41, 5.74) is 0.980. The number of nitrogens with one attached hydrogen (secondary N) is 1. The quantitative estimate of drug-likeness (QED) is 0.789. The van der Waals surface area contributed by atoms with Crippen molar-refractivity contribution < 1.29 is 9.59 Å². The van der Waals surface area contributed by atoms with Crippen molar-refractivity contribution in [2.75, 3.05) is 18.8 Å². The Labute approximate surface area is 162 Å². The van der Waals surface area contributed by atoms with E-state index in [1.165, 1.54) is 5.56 Å². The molecule has 0 radical (unpaired) electrons. The van der Waals surface area contributed by atoms with Crippen LogP contribution in [0.1, 0.15) is 58.9 Å². The van der Waals surface area contributed by atoms with E-state index >= 15 is 0 Å². The molecule has 5 heteroatoms. The number of carbonyl (C=O) groups is 2. The minimum Gasteiger partial charge on any atom is -0.353 e. The van der Waals surface area contributed by atoms with Crippen molar-refractivity contribution in [2.45, 2.75) is 64.3 Å². The lowest BCUT2D eigenvalue weighted by Crippen LogP contribution is -2.49. The SMILES string of the molecule is CC(C)c1ccc(SCC(=O)NC2CCN(C(=O)C(C)(C)C)CC2)cc1. The van der Waals surface area contributed by atoms with E-state index in [2.05, 4.69) is 43.4 Å². The molecule has 1 fully saturated rings. The number of nitrogens with zero attached hydrogens (tertiary/aromatic N) is 1. The van der Waals surface area contributed by atoms with Crippen molar-refractivity contribution in [3.63, 3.8) is 0 Å². The van der Waals surface area contributed by atoms with Gasteiger partial charge < -0.3 is 10.2 Å². The maximum atomic E-state index is 12.3. The first-order chi connectivity index (χ1) is 12.2. The van der Waals surface area contributed by atoms with Gasteiger partial charge in [-0.1, -0.05) is 46.8 Å². The standard InChI is InChI=1S/C21H32N2O2S/c1-15(2)16-6-8-18(9-7-16)26-14-19(24)22-17-10-12-23(13-11-17)20(25)21(3,4)5/h6-9,15,17H,10-14H2,1-5H3,(H,22,24). The number of thioether (sulfide) groups is 1. The zero-order valence-corrected chi connectivity index (χ0v) is 17.5. The minimum atomic E-state index is -0.335. The van der Waals surface area contributed by atoms with Crippen LogP contribution in [0.4, 0.5) is 0 Å². The molecule has 0 bridgehead atoms. The maximum absolute atomic E-state index is 12.3. The van der Waals surface area contributed by atoms with Gasteiger partial charge in [0, 0.05) is 29.4 Å². The molecule has 1 aliphatic heterocycles. The molecule has 1 N–H and O–H groups in total. The zero-order valence-electron chi connectivity index (χ0n) is 16.7. The Bertz CT molecular complexity index is 612. The summed E-state index contributed by atoms with van der Waals surface area (Å²) in [5, 5.41) is 3.12. The Morgan fingerprint density at radius 2 is 1.73 bits per heavy atom. The summed E-state index contributed by atoms with van der Waals surface area (Å²) in [6.45, 7) is 11.7. The van der Waals surface area contributed by atoms with E-state index in [0.29, 0.717) is 11.7 Å². The van der Waals surface area contributed by atoms with Crippen molar-refractivity contribution >= 4 is 23.6 Å². The zero-order chi connectivity index (χ0) is 19.3. The second kappa shape index (κ2) is 8.94. The average Bonchev–Trinajstić information content (AvgIpc) is 2.59. The number of rotatable bonds is 5. The lowest BCUT2D eigenvalue weighted by atomic mass is 9.93. The van der Waals surface area contributed by atoms with E-state index in [4.69, 9.17) is 0 Å². The third kappa shape index (κ3) is 6.04. The van der Waals surface area contributed by atoms with E-state index < -0.39 is 0 Å². The Kier molecular flexibility index (Phi) is 7.16. The summed E-state index contributed by atoms with van der Waals surface area (Å²) in [6.07, 6.45) is 1.67. The molecule has 2 rings (SSSR count). The van der Waals surface area contributed by atoms with Gasteiger partial charge in [-0.15, -0.1) is 11.8 Å². The largest absolute Gasteiger partial charge is 0.353 e. The van der Waals surface area contributed by atoms with Crippen LogP contribution < -0.4 is 5.32 Å². The highest BCUT2D eigenvalue weighted by Gasteiger charge is 2.30. The molecule has 0 unspecified atom stereocenters. The van der Waals surface area contributed by atoms with Gasteiger partial charge in [0.2, 0.25) is 11.8 Å². The molecule has 1 saturated heterocycles. The molecular formula is C21H32N2O2S. The van der Waals surface area contributed by atoms with Crippen molar-refractivity contribution in [2.24, 2.45) is 5.41 Å². The van der Waals surface area contributed by atoms with Gasteiger partial charge in [0.15, 0.2) is 0 Å². The molecule has 26 heavy (non-hydrogen) atoms. The predicted octanol–water partition coefficient (Wildman–Crippen LogP) is 4.06. The second-order valence-electron chi connectivity index (χ2n) is 8.40. The van der Waals surface area contributed by atoms with Gasteiger partial charge in [-0.05, 0) is 36.5 Å². The van der Waals surface area contributed by atoms with Gasteiger partial charge in [0.1, 0.15) is 0 Å². The third-order valence-corrected chi connectivity index (χ3v) is 5.72. The first-order valence-corrected chi connectivity index (χ1v) is 10.5. The van der Waals surface area contributed by atoms with Crippen LogP contribution in [0, 0.1) is 5.41 Å². The van der Waals surface area contributed by atoms with Crippen LogP contribution in [0.15, 0.2) is 29.2 Å². The van der Waals surface area contributed by atoms with Gasteiger partial charge in [-0.25, -0.2) is 0 Å². The summed E-state index contributed by atoms with van der Waals surface area (Å²) in [6, 6.07) is 8.61. The second-order valence-corrected chi connectivity index (χ2v) is 9.45. The highest BCUT2D eigenvalue weighted by Crippen LogP contribution is 2.23. The number of hydrogen-bond donors (Lipinski definition) is 1. The summed E-state index contributed by atoms with van der Waals surface area (Å²) >= 11 is 1.57. The van der Waals surface area contributed by atoms with Crippen LogP contribution in [0.2, 0.25) is 0 Å². The maximum Gasteiger partial charge on any atom is 0.230 e. The van der Waals surface area contributed by atoms with E-state index in [9.17, 15) is 9.59 Å². The predicted molar refractivity (Wildman–Crippen MR) is 108 cm³/mol. The Hall–Kier alpha value is -1.49. The monoisotopic (exact) mass is 376 g/mol.